The predicted molar refractivity (Wildman–Crippen MR) is 67.9 cm³/mol. The first-order chi connectivity index (χ1) is 7.70. The van der Waals surface area contributed by atoms with Crippen LogP contribution in [-0.2, 0) is 9.59 Å². The predicted octanol–water partition coefficient (Wildman–Crippen LogP) is 1.08. The van der Waals surface area contributed by atoms with Crippen molar-refractivity contribution in [3.8, 4) is 0 Å². The third-order valence-electron chi connectivity index (χ3n) is 2.44. The first kappa shape index (κ1) is 11.4. The molecule has 5 heteroatoms. The summed E-state index contributed by atoms with van der Waals surface area (Å²) in [6, 6.07) is 9.69. The number of benzene rings is 1. The zero-order chi connectivity index (χ0) is 11.5. The Morgan fingerprint density at radius 1 is 1.25 bits per heavy atom. The van der Waals surface area contributed by atoms with E-state index in [1.165, 1.54) is 0 Å². The van der Waals surface area contributed by atoms with Crippen molar-refractivity contribution >= 4 is 34.4 Å². The monoisotopic (exact) mass is 330 g/mol. The lowest BCUT2D eigenvalue weighted by atomic mass is 10.2. The summed E-state index contributed by atoms with van der Waals surface area (Å²) >= 11 is 2.18. The lowest BCUT2D eigenvalue weighted by Crippen LogP contribution is -2.52. The summed E-state index contributed by atoms with van der Waals surface area (Å²) < 4.78 is -0.0858. The quantitative estimate of drug-likeness (QED) is 0.382. The Balaban J connectivity index is 2.18. The Bertz CT molecular complexity index is 408. The molecule has 0 spiro atoms. The van der Waals surface area contributed by atoms with Crippen LogP contribution >= 0.6 is 22.6 Å². The van der Waals surface area contributed by atoms with E-state index in [0.717, 1.165) is 5.56 Å². The highest BCUT2D eigenvalue weighted by molar-refractivity contribution is 14.1. The van der Waals surface area contributed by atoms with Crippen molar-refractivity contribution in [2.45, 2.75) is 4.05 Å². The number of nitrogens with zero attached hydrogens (tertiary/aromatic N) is 1. The molecular formula is C11H11IN2O2. The van der Waals surface area contributed by atoms with Crippen molar-refractivity contribution in [2.75, 3.05) is 13.1 Å². The number of carbonyl (C=O) groups excluding carboxylic acids is 2. The fourth-order valence-electron chi connectivity index (χ4n) is 1.61. The number of carbonyl (C=O) groups is 2. The molecule has 0 saturated carbocycles. The van der Waals surface area contributed by atoms with E-state index in [4.69, 9.17) is 0 Å². The van der Waals surface area contributed by atoms with Crippen molar-refractivity contribution in [1.82, 2.24) is 10.2 Å². The standard InChI is InChI=1S/C11H11IN2O2/c12-9(8-4-2-1-3-5-8)14-7-6-13-10(15)11(14)16/h1-5,9H,6-7H2,(H,13,15). The van der Waals surface area contributed by atoms with E-state index in [2.05, 4.69) is 27.9 Å². The van der Waals surface area contributed by atoms with Crippen LogP contribution in [0.15, 0.2) is 30.3 Å². The van der Waals surface area contributed by atoms with Gasteiger partial charge >= 0.3 is 11.8 Å². The van der Waals surface area contributed by atoms with Gasteiger partial charge in [-0.1, -0.05) is 52.9 Å². The Kier molecular flexibility index (Phi) is 3.42. The average Bonchev–Trinajstić information content (AvgIpc) is 2.33. The molecule has 16 heavy (non-hydrogen) atoms. The highest BCUT2D eigenvalue weighted by Crippen LogP contribution is 2.27. The summed E-state index contributed by atoms with van der Waals surface area (Å²) in [5, 5.41) is 2.53. The second-order valence-corrected chi connectivity index (χ2v) is 4.68. The molecule has 4 nitrogen and oxygen atoms in total. The topological polar surface area (TPSA) is 49.4 Å². The maximum absolute atomic E-state index is 11.6. The van der Waals surface area contributed by atoms with Crippen molar-refractivity contribution in [2.24, 2.45) is 0 Å². The lowest BCUT2D eigenvalue weighted by molar-refractivity contribution is -0.148. The van der Waals surface area contributed by atoms with Crippen molar-refractivity contribution in [1.29, 1.82) is 0 Å². The first-order valence-electron chi connectivity index (χ1n) is 4.98. The minimum atomic E-state index is -0.510. The highest BCUT2D eigenvalue weighted by Gasteiger charge is 2.30. The van der Waals surface area contributed by atoms with Crippen molar-refractivity contribution in [3.63, 3.8) is 0 Å². The first-order valence-corrected chi connectivity index (χ1v) is 6.22. The Labute approximate surface area is 107 Å². The third kappa shape index (κ3) is 2.18. The summed E-state index contributed by atoms with van der Waals surface area (Å²) in [5.74, 6) is -0.960. The van der Waals surface area contributed by atoms with Crippen LogP contribution in [0.4, 0.5) is 0 Å². The molecule has 0 bridgehead atoms. The number of nitrogens with one attached hydrogen (secondary N) is 1. The summed E-state index contributed by atoms with van der Waals surface area (Å²) in [5.41, 5.74) is 1.03. The highest BCUT2D eigenvalue weighted by atomic mass is 127. The van der Waals surface area contributed by atoms with Gasteiger partial charge in [-0.15, -0.1) is 0 Å². The maximum atomic E-state index is 11.6. The zero-order valence-electron chi connectivity index (χ0n) is 8.52. The lowest BCUT2D eigenvalue weighted by Gasteiger charge is -2.31. The molecule has 1 saturated heterocycles. The molecule has 0 radical (unpaired) electrons. The molecule has 0 aliphatic carbocycles. The second-order valence-electron chi connectivity index (χ2n) is 3.50. The second kappa shape index (κ2) is 4.82. The SMILES string of the molecule is O=C1NCCN(C(I)c2ccccc2)C1=O. The Morgan fingerprint density at radius 3 is 2.62 bits per heavy atom. The number of rotatable bonds is 2. The molecule has 84 valence electrons. The van der Waals surface area contributed by atoms with Crippen molar-refractivity contribution < 1.29 is 9.59 Å². The van der Waals surface area contributed by atoms with Gasteiger partial charge in [0.1, 0.15) is 4.05 Å². The number of amides is 2. The molecule has 1 aliphatic rings. The van der Waals surface area contributed by atoms with Gasteiger partial charge in [-0.2, -0.15) is 0 Å². The Morgan fingerprint density at radius 2 is 1.94 bits per heavy atom. The van der Waals surface area contributed by atoms with E-state index in [1.54, 1.807) is 4.90 Å². The van der Waals surface area contributed by atoms with Crippen LogP contribution < -0.4 is 5.32 Å². The van der Waals surface area contributed by atoms with Gasteiger partial charge in [0.05, 0.1) is 0 Å². The molecule has 1 aromatic rings. The van der Waals surface area contributed by atoms with E-state index in [-0.39, 0.29) is 4.05 Å². The van der Waals surface area contributed by atoms with Gasteiger partial charge in [0.15, 0.2) is 0 Å². The summed E-state index contributed by atoms with van der Waals surface area (Å²) in [6.45, 7) is 1.09. The van der Waals surface area contributed by atoms with Crippen LogP contribution in [0, 0.1) is 0 Å². The van der Waals surface area contributed by atoms with Gasteiger partial charge in [0.2, 0.25) is 0 Å². The van der Waals surface area contributed by atoms with E-state index < -0.39 is 11.8 Å². The fraction of sp³-hybridized carbons (Fsp3) is 0.273. The van der Waals surface area contributed by atoms with Gasteiger partial charge in [-0.25, -0.2) is 0 Å². The third-order valence-corrected chi connectivity index (χ3v) is 3.83. The number of hydrogen-bond acceptors (Lipinski definition) is 2. The minimum Gasteiger partial charge on any atom is -0.346 e. The van der Waals surface area contributed by atoms with Crippen LogP contribution in [0.2, 0.25) is 0 Å². The maximum Gasteiger partial charge on any atom is 0.313 e. The zero-order valence-corrected chi connectivity index (χ0v) is 10.7. The largest absolute Gasteiger partial charge is 0.346 e. The van der Waals surface area contributed by atoms with Crippen molar-refractivity contribution in [3.05, 3.63) is 35.9 Å². The summed E-state index contributed by atoms with van der Waals surface area (Å²) in [6.07, 6.45) is 0. The van der Waals surface area contributed by atoms with Crippen LogP contribution in [0.3, 0.4) is 0 Å². The summed E-state index contributed by atoms with van der Waals surface area (Å²) in [4.78, 5) is 24.5. The van der Waals surface area contributed by atoms with E-state index in [9.17, 15) is 9.59 Å². The van der Waals surface area contributed by atoms with Crippen LogP contribution in [0.5, 0.6) is 0 Å². The molecular weight excluding hydrogens is 319 g/mol. The molecule has 1 heterocycles. The Hall–Kier alpha value is -1.11. The molecule has 1 unspecified atom stereocenters. The number of alkyl halides is 1. The molecule has 1 fully saturated rings. The van der Waals surface area contributed by atoms with Crippen LogP contribution in [-0.4, -0.2) is 29.8 Å². The smallest absolute Gasteiger partial charge is 0.313 e. The van der Waals surface area contributed by atoms with E-state index in [0.29, 0.717) is 13.1 Å². The van der Waals surface area contributed by atoms with Crippen LogP contribution in [0.1, 0.15) is 9.61 Å². The van der Waals surface area contributed by atoms with Gasteiger partial charge in [0.25, 0.3) is 0 Å². The molecule has 1 aromatic carbocycles. The van der Waals surface area contributed by atoms with Gasteiger partial charge < -0.3 is 10.2 Å². The fourth-order valence-corrected chi connectivity index (χ4v) is 2.55. The number of piperazine rings is 1. The normalized spacial score (nSPS) is 18.2. The van der Waals surface area contributed by atoms with Gasteiger partial charge in [0, 0.05) is 13.1 Å². The molecule has 2 amide bonds. The minimum absolute atomic E-state index is 0.0858. The molecule has 1 N–H and O–H groups in total. The summed E-state index contributed by atoms with van der Waals surface area (Å²) in [7, 11) is 0. The van der Waals surface area contributed by atoms with Gasteiger partial charge in [-0.05, 0) is 5.56 Å². The van der Waals surface area contributed by atoms with Gasteiger partial charge in [-0.3, -0.25) is 9.59 Å². The van der Waals surface area contributed by atoms with E-state index in [1.807, 2.05) is 30.3 Å². The molecule has 1 atom stereocenters. The number of hydrogen-bond donors (Lipinski definition) is 1. The average molecular weight is 330 g/mol. The molecule has 0 aromatic heterocycles. The molecule has 1 aliphatic heterocycles. The molecule has 2 rings (SSSR count). The van der Waals surface area contributed by atoms with Crippen LogP contribution in [0.25, 0.3) is 0 Å². The van der Waals surface area contributed by atoms with E-state index >= 15 is 0 Å². The number of halogens is 1.